The van der Waals surface area contributed by atoms with E-state index in [2.05, 4.69) is 27.6 Å². The van der Waals surface area contributed by atoms with Gasteiger partial charge in [0, 0.05) is 0 Å². The zero-order valence-corrected chi connectivity index (χ0v) is 13.4. The SMILES string of the molecule is Cc1nnc(SCC(=O)NC(c2ccccc2)C2CC2)s1. The summed E-state index contributed by atoms with van der Waals surface area (Å²) in [6.07, 6.45) is 2.39. The minimum Gasteiger partial charge on any atom is -0.348 e. The van der Waals surface area contributed by atoms with Crippen molar-refractivity contribution in [2.75, 3.05) is 5.75 Å². The number of amides is 1. The fourth-order valence-corrected chi connectivity index (χ4v) is 3.87. The van der Waals surface area contributed by atoms with E-state index in [1.807, 2.05) is 25.1 Å². The summed E-state index contributed by atoms with van der Waals surface area (Å²) < 4.78 is 0.852. The molecule has 2 aromatic rings. The van der Waals surface area contributed by atoms with Crippen LogP contribution in [0.4, 0.5) is 0 Å². The van der Waals surface area contributed by atoms with Crippen LogP contribution in [0.1, 0.15) is 29.5 Å². The van der Waals surface area contributed by atoms with E-state index in [0.717, 1.165) is 9.35 Å². The van der Waals surface area contributed by atoms with Crippen molar-refractivity contribution in [1.29, 1.82) is 0 Å². The molecule has 1 amide bonds. The molecule has 1 heterocycles. The van der Waals surface area contributed by atoms with Gasteiger partial charge in [-0.3, -0.25) is 4.79 Å². The van der Waals surface area contributed by atoms with Crippen LogP contribution in [0.25, 0.3) is 0 Å². The number of hydrogen-bond donors (Lipinski definition) is 1. The molecule has 3 rings (SSSR count). The third-order valence-electron chi connectivity index (χ3n) is 3.40. The minimum absolute atomic E-state index is 0.0635. The Morgan fingerprint density at radius 1 is 1.38 bits per heavy atom. The highest BCUT2D eigenvalue weighted by atomic mass is 32.2. The molecule has 4 nitrogen and oxygen atoms in total. The van der Waals surface area contributed by atoms with Gasteiger partial charge in [0.1, 0.15) is 5.01 Å². The highest BCUT2D eigenvalue weighted by Gasteiger charge is 2.33. The molecule has 1 N–H and O–H groups in total. The van der Waals surface area contributed by atoms with E-state index >= 15 is 0 Å². The van der Waals surface area contributed by atoms with Gasteiger partial charge in [0.2, 0.25) is 5.91 Å². The molecule has 6 heteroatoms. The fraction of sp³-hybridized carbons (Fsp3) is 0.400. The number of aromatic nitrogens is 2. The number of benzene rings is 1. The van der Waals surface area contributed by atoms with Crippen LogP contribution in [-0.4, -0.2) is 21.9 Å². The predicted octanol–water partition coefficient (Wildman–Crippen LogP) is 3.21. The fourth-order valence-electron chi connectivity index (χ4n) is 2.24. The lowest BCUT2D eigenvalue weighted by molar-refractivity contribution is -0.119. The van der Waals surface area contributed by atoms with Gasteiger partial charge in [0.15, 0.2) is 4.34 Å². The minimum atomic E-state index is 0.0635. The van der Waals surface area contributed by atoms with Crippen molar-refractivity contribution in [3.8, 4) is 0 Å². The largest absolute Gasteiger partial charge is 0.348 e. The molecule has 0 saturated heterocycles. The summed E-state index contributed by atoms with van der Waals surface area (Å²) in [6.45, 7) is 1.92. The van der Waals surface area contributed by atoms with Crippen LogP contribution < -0.4 is 5.32 Å². The number of hydrogen-bond acceptors (Lipinski definition) is 5. The summed E-state index contributed by atoms with van der Waals surface area (Å²) >= 11 is 2.98. The maximum Gasteiger partial charge on any atom is 0.230 e. The number of nitrogens with zero attached hydrogens (tertiary/aromatic N) is 2. The average Bonchev–Trinajstić information content (AvgIpc) is 3.26. The molecular weight excluding hydrogens is 302 g/mol. The zero-order valence-electron chi connectivity index (χ0n) is 11.8. The van der Waals surface area contributed by atoms with Crippen molar-refractivity contribution in [2.45, 2.75) is 30.1 Å². The van der Waals surface area contributed by atoms with Gasteiger partial charge >= 0.3 is 0 Å². The Morgan fingerprint density at radius 2 is 2.14 bits per heavy atom. The summed E-state index contributed by atoms with van der Waals surface area (Å²) in [4.78, 5) is 12.2. The van der Waals surface area contributed by atoms with Crippen LogP contribution in [0.2, 0.25) is 0 Å². The molecule has 1 unspecified atom stereocenters. The van der Waals surface area contributed by atoms with E-state index in [0.29, 0.717) is 11.7 Å². The summed E-state index contributed by atoms with van der Waals surface area (Å²) in [5, 5.41) is 12.1. The number of rotatable bonds is 6. The molecule has 0 radical (unpaired) electrons. The van der Waals surface area contributed by atoms with Gasteiger partial charge in [0.25, 0.3) is 0 Å². The Balaban J connectivity index is 1.57. The van der Waals surface area contributed by atoms with Crippen molar-refractivity contribution >= 4 is 29.0 Å². The van der Waals surface area contributed by atoms with E-state index in [9.17, 15) is 4.79 Å². The van der Waals surface area contributed by atoms with Crippen LogP contribution >= 0.6 is 23.1 Å². The van der Waals surface area contributed by atoms with Gasteiger partial charge in [-0.1, -0.05) is 53.4 Å². The van der Waals surface area contributed by atoms with Crippen molar-refractivity contribution in [2.24, 2.45) is 5.92 Å². The Bertz CT molecular complexity index is 610. The van der Waals surface area contributed by atoms with E-state index in [-0.39, 0.29) is 11.9 Å². The van der Waals surface area contributed by atoms with Crippen LogP contribution in [0.3, 0.4) is 0 Å². The normalized spacial score (nSPS) is 15.7. The van der Waals surface area contributed by atoms with E-state index < -0.39 is 0 Å². The smallest absolute Gasteiger partial charge is 0.230 e. The first-order valence-corrected chi connectivity index (χ1v) is 8.80. The van der Waals surface area contributed by atoms with E-state index in [1.165, 1.54) is 41.5 Å². The summed E-state index contributed by atoms with van der Waals surface area (Å²) in [5.41, 5.74) is 1.20. The maximum atomic E-state index is 12.2. The number of aryl methyl sites for hydroxylation is 1. The van der Waals surface area contributed by atoms with Gasteiger partial charge in [-0.05, 0) is 31.2 Å². The number of nitrogens with one attached hydrogen (secondary N) is 1. The molecule has 0 spiro atoms. The lowest BCUT2D eigenvalue weighted by Crippen LogP contribution is -2.31. The van der Waals surface area contributed by atoms with E-state index in [1.54, 1.807) is 0 Å². The first-order valence-electron chi connectivity index (χ1n) is 6.99. The molecule has 21 heavy (non-hydrogen) atoms. The number of carbonyl (C=O) groups is 1. The quantitative estimate of drug-likeness (QED) is 0.831. The molecule has 1 aromatic carbocycles. The summed E-state index contributed by atoms with van der Waals surface area (Å²) in [6, 6.07) is 10.4. The highest BCUT2D eigenvalue weighted by Crippen LogP contribution is 2.41. The molecule has 0 aliphatic heterocycles. The Labute approximate surface area is 132 Å². The summed E-state index contributed by atoms with van der Waals surface area (Å²) in [5.74, 6) is 1.05. The molecule has 1 aromatic heterocycles. The molecule has 0 bridgehead atoms. The van der Waals surface area contributed by atoms with Crippen molar-refractivity contribution in [3.05, 3.63) is 40.9 Å². The van der Waals surface area contributed by atoms with Crippen LogP contribution in [0, 0.1) is 12.8 Å². The number of thioether (sulfide) groups is 1. The Morgan fingerprint density at radius 3 is 2.76 bits per heavy atom. The lowest BCUT2D eigenvalue weighted by atomic mass is 10.0. The molecular formula is C15H17N3OS2. The molecule has 1 saturated carbocycles. The molecule has 110 valence electrons. The predicted molar refractivity (Wildman–Crippen MR) is 85.4 cm³/mol. The second-order valence-corrected chi connectivity index (χ2v) is 7.57. The zero-order chi connectivity index (χ0) is 14.7. The number of carbonyl (C=O) groups excluding carboxylic acids is 1. The Hall–Kier alpha value is -1.40. The van der Waals surface area contributed by atoms with Crippen molar-refractivity contribution in [1.82, 2.24) is 15.5 Å². The lowest BCUT2D eigenvalue weighted by Gasteiger charge is -2.18. The third kappa shape index (κ3) is 4.04. The second-order valence-electron chi connectivity index (χ2n) is 5.17. The van der Waals surface area contributed by atoms with Gasteiger partial charge in [-0.2, -0.15) is 0 Å². The third-order valence-corrected chi connectivity index (χ3v) is 5.37. The first kappa shape index (κ1) is 14.5. The van der Waals surface area contributed by atoms with E-state index in [4.69, 9.17) is 0 Å². The Kier molecular flexibility index (Phi) is 4.55. The molecule has 1 aliphatic rings. The summed E-state index contributed by atoms with van der Waals surface area (Å²) in [7, 11) is 0. The van der Waals surface area contributed by atoms with Gasteiger partial charge in [-0.25, -0.2) is 0 Å². The van der Waals surface area contributed by atoms with Gasteiger partial charge in [0.05, 0.1) is 11.8 Å². The van der Waals surface area contributed by atoms with Crippen LogP contribution in [0.5, 0.6) is 0 Å². The standard InChI is InChI=1S/C15H17N3OS2/c1-10-17-18-15(21-10)20-9-13(19)16-14(12-7-8-12)11-5-3-2-4-6-11/h2-6,12,14H,7-9H2,1H3,(H,16,19). The highest BCUT2D eigenvalue weighted by molar-refractivity contribution is 8.01. The van der Waals surface area contributed by atoms with Crippen molar-refractivity contribution < 1.29 is 4.79 Å². The average molecular weight is 319 g/mol. The van der Waals surface area contributed by atoms with Crippen LogP contribution in [0.15, 0.2) is 34.7 Å². The topological polar surface area (TPSA) is 54.9 Å². The maximum absolute atomic E-state index is 12.2. The van der Waals surface area contributed by atoms with Gasteiger partial charge < -0.3 is 5.32 Å². The second kappa shape index (κ2) is 6.58. The van der Waals surface area contributed by atoms with Crippen molar-refractivity contribution in [3.63, 3.8) is 0 Å². The molecule has 1 aliphatic carbocycles. The molecule has 1 atom stereocenters. The first-order chi connectivity index (χ1) is 10.2. The monoisotopic (exact) mass is 319 g/mol. The van der Waals surface area contributed by atoms with Crippen LogP contribution in [-0.2, 0) is 4.79 Å². The van der Waals surface area contributed by atoms with Gasteiger partial charge in [-0.15, -0.1) is 10.2 Å². The molecule has 1 fully saturated rings.